The fourth-order valence-corrected chi connectivity index (χ4v) is 3.93. The van der Waals surface area contributed by atoms with Gasteiger partial charge in [0.25, 0.3) is 0 Å². The minimum Gasteiger partial charge on any atom is -0.422 e. The molecule has 32 heavy (non-hydrogen) atoms. The van der Waals surface area contributed by atoms with Gasteiger partial charge in [-0.05, 0) is 42.3 Å². The summed E-state index contributed by atoms with van der Waals surface area (Å²) >= 11 is 12.7. The highest BCUT2D eigenvalue weighted by Crippen LogP contribution is 2.30. The molecular weight excluding hydrogens is 443 g/mol. The summed E-state index contributed by atoms with van der Waals surface area (Å²) < 4.78 is 7.97. The van der Waals surface area contributed by atoms with E-state index in [2.05, 4.69) is 18.4 Å². The maximum atomic E-state index is 13.0. The van der Waals surface area contributed by atoms with E-state index in [1.165, 1.54) is 0 Å². The summed E-state index contributed by atoms with van der Waals surface area (Å²) in [6, 6.07) is 22.0. The SMILES string of the molecule is CC(C)Cn1c(C=C(OC(=O)c2ccccc2Cl)c2ccccc2Cl)nc2ccccc21. The zero-order valence-electron chi connectivity index (χ0n) is 17.8. The van der Waals surface area contributed by atoms with Crippen LogP contribution in [-0.2, 0) is 11.3 Å². The van der Waals surface area contributed by atoms with Gasteiger partial charge in [0.2, 0.25) is 0 Å². The second-order valence-electron chi connectivity index (χ2n) is 7.82. The van der Waals surface area contributed by atoms with Gasteiger partial charge in [-0.3, -0.25) is 0 Å². The molecule has 0 atom stereocenters. The lowest BCUT2D eigenvalue weighted by atomic mass is 10.1. The Labute approximate surface area is 197 Å². The predicted octanol–water partition coefficient (Wildman–Crippen LogP) is 7.35. The first-order valence-electron chi connectivity index (χ1n) is 10.3. The van der Waals surface area contributed by atoms with Gasteiger partial charge in [0.1, 0.15) is 11.6 Å². The van der Waals surface area contributed by atoms with E-state index in [1.54, 1.807) is 36.4 Å². The van der Waals surface area contributed by atoms with E-state index in [0.29, 0.717) is 33.1 Å². The lowest BCUT2D eigenvalue weighted by Crippen LogP contribution is -2.08. The molecule has 0 aliphatic carbocycles. The number of fused-ring (bicyclic) bond motifs is 1. The van der Waals surface area contributed by atoms with E-state index in [4.69, 9.17) is 32.9 Å². The van der Waals surface area contributed by atoms with Gasteiger partial charge in [-0.2, -0.15) is 0 Å². The number of ether oxygens (including phenoxy) is 1. The number of carbonyl (C=O) groups is 1. The maximum absolute atomic E-state index is 13.0. The van der Waals surface area contributed by atoms with Gasteiger partial charge < -0.3 is 9.30 Å². The number of rotatable bonds is 6. The highest BCUT2D eigenvalue weighted by atomic mass is 35.5. The van der Waals surface area contributed by atoms with Crippen LogP contribution >= 0.6 is 23.2 Å². The molecule has 0 N–H and O–H groups in total. The Morgan fingerprint density at radius 1 is 0.938 bits per heavy atom. The van der Waals surface area contributed by atoms with Crippen molar-refractivity contribution in [2.24, 2.45) is 5.92 Å². The number of benzene rings is 3. The molecule has 0 bridgehead atoms. The molecule has 0 saturated heterocycles. The zero-order valence-corrected chi connectivity index (χ0v) is 19.3. The van der Waals surface area contributed by atoms with Gasteiger partial charge in [-0.1, -0.05) is 73.4 Å². The van der Waals surface area contributed by atoms with Gasteiger partial charge in [0.15, 0.2) is 0 Å². The first-order valence-corrected chi connectivity index (χ1v) is 11.1. The fourth-order valence-electron chi connectivity index (χ4n) is 3.48. The summed E-state index contributed by atoms with van der Waals surface area (Å²) in [5.74, 6) is 0.824. The highest BCUT2D eigenvalue weighted by molar-refractivity contribution is 6.34. The second-order valence-corrected chi connectivity index (χ2v) is 8.64. The lowest BCUT2D eigenvalue weighted by Gasteiger charge is -2.13. The topological polar surface area (TPSA) is 44.1 Å². The quantitative estimate of drug-likeness (QED) is 0.221. The van der Waals surface area contributed by atoms with Crippen LogP contribution in [-0.4, -0.2) is 15.5 Å². The van der Waals surface area contributed by atoms with Crippen LogP contribution in [0, 0.1) is 5.92 Å². The molecular formula is C26H22Cl2N2O2. The molecule has 0 aliphatic heterocycles. The van der Waals surface area contributed by atoms with Crippen LogP contribution in [0.25, 0.3) is 22.9 Å². The number of para-hydroxylation sites is 2. The number of imidazole rings is 1. The number of halogens is 2. The third-order valence-electron chi connectivity index (χ3n) is 4.93. The Kier molecular flexibility index (Phi) is 6.63. The van der Waals surface area contributed by atoms with E-state index in [1.807, 2.05) is 42.5 Å². The van der Waals surface area contributed by atoms with Crippen LogP contribution in [0.2, 0.25) is 10.0 Å². The Balaban J connectivity index is 1.85. The molecule has 0 amide bonds. The van der Waals surface area contributed by atoms with Crippen LogP contribution < -0.4 is 0 Å². The van der Waals surface area contributed by atoms with Crippen molar-refractivity contribution in [2.75, 3.05) is 0 Å². The highest BCUT2D eigenvalue weighted by Gasteiger charge is 2.19. The molecule has 0 aliphatic rings. The van der Waals surface area contributed by atoms with Crippen molar-refractivity contribution in [1.82, 2.24) is 9.55 Å². The third kappa shape index (κ3) is 4.72. The average Bonchev–Trinajstić information content (AvgIpc) is 3.10. The molecule has 0 saturated carbocycles. The van der Waals surface area contributed by atoms with Crippen molar-refractivity contribution < 1.29 is 9.53 Å². The number of hydrogen-bond acceptors (Lipinski definition) is 3. The molecule has 4 rings (SSSR count). The first-order chi connectivity index (χ1) is 15.4. The molecule has 0 fully saturated rings. The number of carbonyl (C=O) groups excluding carboxylic acids is 1. The molecule has 0 radical (unpaired) electrons. The monoisotopic (exact) mass is 464 g/mol. The largest absolute Gasteiger partial charge is 0.422 e. The van der Waals surface area contributed by atoms with Crippen LogP contribution in [0.1, 0.15) is 35.6 Å². The summed E-state index contributed by atoms with van der Waals surface area (Å²) in [7, 11) is 0. The molecule has 1 aromatic heterocycles. The Hall–Kier alpha value is -3.08. The number of aromatic nitrogens is 2. The molecule has 0 unspecified atom stereocenters. The second kappa shape index (κ2) is 9.60. The van der Waals surface area contributed by atoms with Crippen LogP contribution in [0.5, 0.6) is 0 Å². The lowest BCUT2D eigenvalue weighted by molar-refractivity contribution is 0.0694. The minimum atomic E-state index is -0.562. The van der Waals surface area contributed by atoms with E-state index in [9.17, 15) is 4.79 Å². The maximum Gasteiger partial charge on any atom is 0.345 e. The van der Waals surface area contributed by atoms with Crippen molar-refractivity contribution >= 4 is 52.0 Å². The summed E-state index contributed by atoms with van der Waals surface area (Å²) in [4.78, 5) is 17.8. The van der Waals surface area contributed by atoms with Crippen molar-refractivity contribution in [1.29, 1.82) is 0 Å². The molecule has 0 spiro atoms. The van der Waals surface area contributed by atoms with Crippen molar-refractivity contribution in [3.8, 4) is 0 Å². The Morgan fingerprint density at radius 2 is 1.53 bits per heavy atom. The molecule has 162 valence electrons. The smallest absolute Gasteiger partial charge is 0.345 e. The summed E-state index contributed by atoms with van der Waals surface area (Å²) in [6.45, 7) is 5.06. The number of nitrogens with zero attached hydrogens (tertiary/aromatic N) is 2. The Morgan fingerprint density at radius 3 is 2.19 bits per heavy atom. The minimum absolute atomic E-state index is 0.280. The van der Waals surface area contributed by atoms with Gasteiger partial charge in [0.05, 0.1) is 26.6 Å². The molecule has 4 nitrogen and oxygen atoms in total. The van der Waals surface area contributed by atoms with Crippen LogP contribution in [0.4, 0.5) is 0 Å². The third-order valence-corrected chi connectivity index (χ3v) is 5.59. The van der Waals surface area contributed by atoms with Crippen molar-refractivity contribution in [3.63, 3.8) is 0 Å². The zero-order chi connectivity index (χ0) is 22.7. The normalized spacial score (nSPS) is 11.8. The van der Waals surface area contributed by atoms with Gasteiger partial charge in [-0.25, -0.2) is 9.78 Å². The molecule has 4 aromatic rings. The van der Waals surface area contributed by atoms with E-state index < -0.39 is 5.97 Å². The summed E-state index contributed by atoms with van der Waals surface area (Å²) in [6.07, 6.45) is 1.76. The summed E-state index contributed by atoms with van der Waals surface area (Å²) in [5, 5.41) is 0.792. The van der Waals surface area contributed by atoms with Gasteiger partial charge in [-0.15, -0.1) is 0 Å². The van der Waals surface area contributed by atoms with Gasteiger partial charge >= 0.3 is 5.97 Å². The average molecular weight is 465 g/mol. The van der Waals surface area contributed by atoms with E-state index in [-0.39, 0.29) is 5.56 Å². The summed E-state index contributed by atoms with van der Waals surface area (Å²) in [5.41, 5.74) is 2.76. The van der Waals surface area contributed by atoms with Crippen molar-refractivity contribution in [3.05, 3.63) is 99.8 Å². The molecule has 6 heteroatoms. The fraction of sp³-hybridized carbons (Fsp3) is 0.154. The number of hydrogen-bond donors (Lipinski definition) is 0. The molecule has 3 aromatic carbocycles. The van der Waals surface area contributed by atoms with Crippen LogP contribution in [0.15, 0.2) is 72.8 Å². The Bertz CT molecular complexity index is 1310. The number of esters is 1. The van der Waals surface area contributed by atoms with E-state index in [0.717, 1.165) is 17.6 Å². The first kappa shape index (κ1) is 22.1. The molecule has 1 heterocycles. The van der Waals surface area contributed by atoms with Gasteiger partial charge in [0, 0.05) is 18.2 Å². The predicted molar refractivity (Wildman–Crippen MR) is 131 cm³/mol. The van der Waals surface area contributed by atoms with E-state index >= 15 is 0 Å². The van der Waals surface area contributed by atoms with Crippen LogP contribution in [0.3, 0.4) is 0 Å². The van der Waals surface area contributed by atoms with Crippen molar-refractivity contribution in [2.45, 2.75) is 20.4 Å². The standard InChI is InChI=1S/C26H22Cl2N2O2/c1-17(2)16-30-23-14-8-7-13-22(23)29-25(30)15-24(18-9-3-5-11-20(18)27)32-26(31)19-10-4-6-12-21(19)28/h3-15,17H,16H2,1-2H3.